The van der Waals surface area contributed by atoms with E-state index in [9.17, 15) is 13.2 Å². The molecule has 6 nitrogen and oxygen atoms in total. The van der Waals surface area contributed by atoms with Crippen LogP contribution in [0, 0.1) is 0 Å². The first-order valence-corrected chi connectivity index (χ1v) is 9.28. The van der Waals surface area contributed by atoms with Gasteiger partial charge in [-0.3, -0.25) is 4.79 Å². The van der Waals surface area contributed by atoms with E-state index in [1.165, 1.54) is 31.4 Å². The van der Waals surface area contributed by atoms with Crippen LogP contribution in [0.3, 0.4) is 0 Å². The lowest BCUT2D eigenvalue weighted by molar-refractivity contribution is 0.102. The summed E-state index contributed by atoms with van der Waals surface area (Å²) >= 11 is 1.55. The molecule has 2 aromatic carbocycles. The van der Waals surface area contributed by atoms with Gasteiger partial charge in [0.05, 0.1) is 17.6 Å². The predicted molar refractivity (Wildman–Crippen MR) is 90.5 cm³/mol. The van der Waals surface area contributed by atoms with Gasteiger partial charge in [-0.15, -0.1) is 11.8 Å². The van der Waals surface area contributed by atoms with Crippen molar-refractivity contribution in [1.29, 1.82) is 0 Å². The molecule has 0 radical (unpaired) electrons. The molecule has 122 valence electrons. The summed E-state index contributed by atoms with van der Waals surface area (Å²) in [5, 5.41) is 7.72. The molecule has 0 spiro atoms. The first-order valence-electron chi connectivity index (χ1n) is 6.51. The zero-order valence-corrected chi connectivity index (χ0v) is 14.2. The van der Waals surface area contributed by atoms with Crippen molar-refractivity contribution in [2.45, 2.75) is 9.79 Å². The minimum atomic E-state index is -3.75. The van der Waals surface area contributed by atoms with E-state index in [4.69, 9.17) is 9.88 Å². The van der Waals surface area contributed by atoms with Gasteiger partial charge in [-0.2, -0.15) is 0 Å². The van der Waals surface area contributed by atoms with Gasteiger partial charge in [-0.1, -0.05) is 0 Å². The molecular weight excluding hydrogens is 336 g/mol. The van der Waals surface area contributed by atoms with Crippen molar-refractivity contribution in [3.63, 3.8) is 0 Å². The number of primary sulfonamides is 1. The van der Waals surface area contributed by atoms with E-state index in [1.54, 1.807) is 23.9 Å². The summed E-state index contributed by atoms with van der Waals surface area (Å²) in [7, 11) is -2.26. The molecule has 8 heteroatoms. The van der Waals surface area contributed by atoms with Crippen LogP contribution in [0.25, 0.3) is 0 Å². The van der Waals surface area contributed by atoms with Crippen LogP contribution >= 0.6 is 11.8 Å². The molecule has 2 rings (SSSR count). The number of thioether (sulfide) groups is 1. The van der Waals surface area contributed by atoms with Gasteiger partial charge >= 0.3 is 0 Å². The molecule has 0 aliphatic rings. The molecule has 0 bridgehead atoms. The van der Waals surface area contributed by atoms with Gasteiger partial charge in [0, 0.05) is 10.6 Å². The third-order valence-corrected chi connectivity index (χ3v) is 4.75. The van der Waals surface area contributed by atoms with E-state index in [0.29, 0.717) is 17.0 Å². The van der Waals surface area contributed by atoms with Crippen LogP contribution in [0.2, 0.25) is 0 Å². The van der Waals surface area contributed by atoms with Crippen LogP contribution in [-0.2, 0) is 10.0 Å². The van der Waals surface area contributed by atoms with Crippen LogP contribution < -0.4 is 15.2 Å². The van der Waals surface area contributed by atoms with Crippen molar-refractivity contribution in [2.75, 3.05) is 18.7 Å². The van der Waals surface area contributed by atoms with Gasteiger partial charge in [0.15, 0.2) is 0 Å². The van der Waals surface area contributed by atoms with Gasteiger partial charge in [-0.05, 0) is 48.7 Å². The van der Waals surface area contributed by atoms with Crippen LogP contribution in [0.5, 0.6) is 5.75 Å². The molecule has 23 heavy (non-hydrogen) atoms. The lowest BCUT2D eigenvalue weighted by atomic mass is 10.2. The SMILES string of the molecule is COc1cc(SC)ccc1C(=O)Nc1ccc(S(N)(=O)=O)cc1. The lowest BCUT2D eigenvalue weighted by Crippen LogP contribution is -2.14. The minimum Gasteiger partial charge on any atom is -0.496 e. The highest BCUT2D eigenvalue weighted by Crippen LogP contribution is 2.26. The number of benzene rings is 2. The van der Waals surface area contributed by atoms with Crippen LogP contribution in [0.1, 0.15) is 10.4 Å². The van der Waals surface area contributed by atoms with Crippen molar-refractivity contribution in [3.05, 3.63) is 48.0 Å². The van der Waals surface area contributed by atoms with E-state index in [-0.39, 0.29) is 10.8 Å². The maximum atomic E-state index is 12.3. The Bertz CT molecular complexity index is 818. The van der Waals surface area contributed by atoms with E-state index < -0.39 is 10.0 Å². The Morgan fingerprint density at radius 3 is 2.35 bits per heavy atom. The smallest absolute Gasteiger partial charge is 0.259 e. The van der Waals surface area contributed by atoms with Gasteiger partial charge in [-0.25, -0.2) is 13.6 Å². The number of nitrogens with one attached hydrogen (secondary N) is 1. The number of hydrogen-bond acceptors (Lipinski definition) is 5. The first kappa shape index (κ1) is 17.3. The standard InChI is InChI=1S/C15H16N2O4S2/c1-21-14-9-11(22-2)5-8-13(14)15(18)17-10-3-6-12(7-4-10)23(16,19)20/h3-9H,1-2H3,(H,17,18)(H2,16,19,20). The second kappa shape index (κ2) is 7.03. The number of hydrogen-bond donors (Lipinski definition) is 2. The second-order valence-corrected chi connectivity index (χ2v) is 7.03. The molecule has 3 N–H and O–H groups in total. The predicted octanol–water partition coefficient (Wildman–Crippen LogP) is 2.32. The average molecular weight is 352 g/mol. The number of sulfonamides is 1. The van der Waals surface area contributed by atoms with Gasteiger partial charge in [0.25, 0.3) is 5.91 Å². The van der Waals surface area contributed by atoms with Crippen molar-refractivity contribution < 1.29 is 17.9 Å². The molecule has 0 fully saturated rings. The van der Waals surface area contributed by atoms with Crippen molar-refractivity contribution >= 4 is 33.4 Å². The number of methoxy groups -OCH3 is 1. The Morgan fingerprint density at radius 1 is 1.17 bits per heavy atom. The fourth-order valence-corrected chi connectivity index (χ4v) is 2.86. The number of carbonyl (C=O) groups excluding carboxylic acids is 1. The zero-order valence-electron chi connectivity index (χ0n) is 12.6. The minimum absolute atomic E-state index is 0.0163. The molecule has 0 aliphatic carbocycles. The Balaban J connectivity index is 2.22. The molecule has 1 amide bonds. The summed E-state index contributed by atoms with van der Waals surface area (Å²) in [6, 6.07) is 10.9. The highest BCUT2D eigenvalue weighted by molar-refractivity contribution is 7.98. The van der Waals surface area contributed by atoms with E-state index >= 15 is 0 Å². The summed E-state index contributed by atoms with van der Waals surface area (Å²) in [6.07, 6.45) is 1.93. The van der Waals surface area contributed by atoms with Gasteiger partial charge in [0.1, 0.15) is 5.75 Å². The van der Waals surface area contributed by atoms with Crippen LogP contribution in [0.15, 0.2) is 52.3 Å². The highest BCUT2D eigenvalue weighted by atomic mass is 32.2. The molecular formula is C15H16N2O4S2. The topological polar surface area (TPSA) is 98.5 Å². The van der Waals surface area contributed by atoms with E-state index in [2.05, 4.69) is 5.32 Å². The molecule has 2 aromatic rings. The fraction of sp³-hybridized carbons (Fsp3) is 0.133. The largest absolute Gasteiger partial charge is 0.496 e. The quantitative estimate of drug-likeness (QED) is 0.805. The molecule has 0 aromatic heterocycles. The van der Waals surface area contributed by atoms with Crippen LogP contribution in [-0.4, -0.2) is 27.7 Å². The summed E-state index contributed by atoms with van der Waals surface area (Å²) in [4.78, 5) is 13.3. The number of ether oxygens (including phenoxy) is 1. The zero-order chi connectivity index (χ0) is 17.0. The molecule has 0 saturated heterocycles. The maximum Gasteiger partial charge on any atom is 0.259 e. The summed E-state index contributed by atoms with van der Waals surface area (Å²) in [5.74, 6) is 0.119. The van der Waals surface area contributed by atoms with Crippen molar-refractivity contribution in [3.8, 4) is 5.75 Å². The summed E-state index contributed by atoms with van der Waals surface area (Å²) in [5.41, 5.74) is 0.846. The number of nitrogens with two attached hydrogens (primary N) is 1. The number of amides is 1. The average Bonchev–Trinajstić information content (AvgIpc) is 2.53. The number of carbonyl (C=O) groups is 1. The van der Waals surface area contributed by atoms with Crippen molar-refractivity contribution in [1.82, 2.24) is 0 Å². The Kier molecular flexibility index (Phi) is 5.30. The van der Waals surface area contributed by atoms with Crippen molar-refractivity contribution in [2.24, 2.45) is 5.14 Å². The Morgan fingerprint density at radius 2 is 1.83 bits per heavy atom. The maximum absolute atomic E-state index is 12.3. The number of anilines is 1. The van der Waals surface area contributed by atoms with Gasteiger partial charge in [0.2, 0.25) is 10.0 Å². The van der Waals surface area contributed by atoms with E-state index in [0.717, 1.165) is 4.90 Å². The second-order valence-electron chi connectivity index (χ2n) is 4.59. The molecule has 0 atom stereocenters. The van der Waals surface area contributed by atoms with E-state index in [1.807, 2.05) is 12.3 Å². The Hall–Kier alpha value is -2.03. The summed E-state index contributed by atoms with van der Waals surface area (Å²) < 4.78 is 27.6. The van der Waals surface area contributed by atoms with Crippen LogP contribution in [0.4, 0.5) is 5.69 Å². The van der Waals surface area contributed by atoms with Gasteiger partial charge < -0.3 is 10.1 Å². The monoisotopic (exact) mass is 352 g/mol. The Labute approximate surface area is 139 Å². The molecule has 0 unspecified atom stereocenters. The third kappa shape index (κ3) is 4.25. The normalized spacial score (nSPS) is 11.1. The molecule has 0 saturated carbocycles. The molecule has 0 heterocycles. The molecule has 0 aliphatic heterocycles. The third-order valence-electron chi connectivity index (χ3n) is 3.09. The first-order chi connectivity index (χ1) is 10.8. The lowest BCUT2D eigenvalue weighted by Gasteiger charge is -2.11. The fourth-order valence-electron chi connectivity index (χ4n) is 1.91. The number of rotatable bonds is 5. The summed E-state index contributed by atoms with van der Waals surface area (Å²) in [6.45, 7) is 0. The highest BCUT2D eigenvalue weighted by Gasteiger charge is 2.14.